The average Bonchev–Trinajstić information content (AvgIpc) is 2.53. The number of nitrogens with one attached hydrogen (secondary N) is 1. The zero-order valence-corrected chi connectivity index (χ0v) is 12.3. The Balaban J connectivity index is 1.96. The van der Waals surface area contributed by atoms with Crippen LogP contribution in [-0.2, 0) is 22.6 Å². The smallest absolute Gasteiger partial charge is 0.337 e. The van der Waals surface area contributed by atoms with E-state index < -0.39 is 0 Å². The van der Waals surface area contributed by atoms with Crippen LogP contribution in [0.1, 0.15) is 21.5 Å². The number of methoxy groups -OCH3 is 2. The fourth-order valence-electron chi connectivity index (χ4n) is 2.02. The van der Waals surface area contributed by atoms with E-state index in [1.165, 1.54) is 7.11 Å². The highest BCUT2D eigenvalue weighted by Gasteiger charge is 2.04. The first kappa shape index (κ1) is 15.1. The van der Waals surface area contributed by atoms with Gasteiger partial charge in [0, 0.05) is 19.3 Å². The van der Waals surface area contributed by atoms with E-state index in [9.17, 15) is 4.79 Å². The van der Waals surface area contributed by atoms with Crippen molar-refractivity contribution in [1.82, 2.24) is 0 Å². The van der Waals surface area contributed by atoms with E-state index in [1.807, 2.05) is 30.3 Å². The summed E-state index contributed by atoms with van der Waals surface area (Å²) in [5, 5.41) is 3.35. The quantitative estimate of drug-likeness (QED) is 0.828. The molecule has 0 aliphatic rings. The molecule has 4 heteroatoms. The maximum atomic E-state index is 11.4. The van der Waals surface area contributed by atoms with Gasteiger partial charge in [-0.2, -0.15) is 0 Å². The molecule has 1 N–H and O–H groups in total. The van der Waals surface area contributed by atoms with Gasteiger partial charge in [-0.25, -0.2) is 4.79 Å². The van der Waals surface area contributed by atoms with Crippen LogP contribution in [0.5, 0.6) is 0 Å². The van der Waals surface area contributed by atoms with Gasteiger partial charge in [0.15, 0.2) is 0 Å². The Bertz CT molecular complexity index is 593. The Morgan fingerprint density at radius 3 is 2.48 bits per heavy atom. The Morgan fingerprint density at radius 1 is 1.05 bits per heavy atom. The summed E-state index contributed by atoms with van der Waals surface area (Å²) in [4.78, 5) is 11.4. The van der Waals surface area contributed by atoms with E-state index in [-0.39, 0.29) is 5.97 Å². The van der Waals surface area contributed by atoms with Crippen molar-refractivity contribution in [3.8, 4) is 0 Å². The molecule has 110 valence electrons. The zero-order valence-electron chi connectivity index (χ0n) is 12.3. The maximum absolute atomic E-state index is 11.4. The lowest BCUT2D eigenvalue weighted by molar-refractivity contribution is 0.0600. The van der Waals surface area contributed by atoms with Gasteiger partial charge in [0.05, 0.1) is 19.3 Å². The molecule has 0 aliphatic carbocycles. The molecule has 0 aromatic heterocycles. The summed E-state index contributed by atoms with van der Waals surface area (Å²) < 4.78 is 9.80. The van der Waals surface area contributed by atoms with E-state index in [4.69, 9.17) is 4.74 Å². The molecule has 0 fully saturated rings. The van der Waals surface area contributed by atoms with Crippen LogP contribution in [0.4, 0.5) is 5.69 Å². The first-order valence-corrected chi connectivity index (χ1v) is 6.72. The Hall–Kier alpha value is -2.33. The molecule has 2 aromatic carbocycles. The van der Waals surface area contributed by atoms with Crippen LogP contribution in [0, 0.1) is 0 Å². The Morgan fingerprint density at radius 2 is 1.81 bits per heavy atom. The lowest BCUT2D eigenvalue weighted by Crippen LogP contribution is -2.03. The van der Waals surface area contributed by atoms with Gasteiger partial charge in [-0.1, -0.05) is 24.3 Å². The van der Waals surface area contributed by atoms with Gasteiger partial charge in [-0.05, 0) is 35.4 Å². The van der Waals surface area contributed by atoms with E-state index in [1.54, 1.807) is 19.2 Å². The van der Waals surface area contributed by atoms with Crippen molar-refractivity contribution in [1.29, 1.82) is 0 Å². The lowest BCUT2D eigenvalue weighted by Gasteiger charge is -2.09. The third kappa shape index (κ3) is 4.33. The molecule has 0 saturated heterocycles. The molecule has 0 spiro atoms. The van der Waals surface area contributed by atoms with Crippen molar-refractivity contribution in [2.75, 3.05) is 19.5 Å². The van der Waals surface area contributed by atoms with Crippen LogP contribution in [0.25, 0.3) is 0 Å². The first-order valence-electron chi connectivity index (χ1n) is 6.72. The number of anilines is 1. The first-order chi connectivity index (χ1) is 10.2. The van der Waals surface area contributed by atoms with Gasteiger partial charge in [-0.15, -0.1) is 0 Å². The highest BCUT2D eigenvalue weighted by atomic mass is 16.5. The summed E-state index contributed by atoms with van der Waals surface area (Å²) >= 11 is 0. The normalized spacial score (nSPS) is 10.2. The largest absolute Gasteiger partial charge is 0.465 e. The van der Waals surface area contributed by atoms with Crippen LogP contribution in [0.3, 0.4) is 0 Å². The molecule has 0 atom stereocenters. The van der Waals surface area contributed by atoms with E-state index in [0.717, 1.165) is 16.8 Å². The highest BCUT2D eigenvalue weighted by Crippen LogP contribution is 2.13. The molecule has 4 nitrogen and oxygen atoms in total. The monoisotopic (exact) mass is 285 g/mol. The summed E-state index contributed by atoms with van der Waals surface area (Å²) in [5.41, 5.74) is 3.83. The summed E-state index contributed by atoms with van der Waals surface area (Å²) in [6, 6.07) is 15.5. The van der Waals surface area contributed by atoms with Crippen LogP contribution < -0.4 is 5.32 Å². The molecule has 0 radical (unpaired) electrons. The standard InChI is InChI=1S/C17H19NO3/c1-20-12-14-4-3-5-16(10-14)18-11-13-6-8-15(9-7-13)17(19)21-2/h3-10,18H,11-12H2,1-2H3. The third-order valence-corrected chi connectivity index (χ3v) is 3.11. The average molecular weight is 285 g/mol. The summed E-state index contributed by atoms with van der Waals surface area (Å²) in [5.74, 6) is -0.318. The minimum absolute atomic E-state index is 0.318. The third-order valence-electron chi connectivity index (χ3n) is 3.11. The van der Waals surface area contributed by atoms with Crippen molar-refractivity contribution < 1.29 is 14.3 Å². The topological polar surface area (TPSA) is 47.6 Å². The molecular formula is C17H19NO3. The predicted molar refractivity (Wildman–Crippen MR) is 82.3 cm³/mol. The molecule has 2 rings (SSSR count). The minimum atomic E-state index is -0.318. The van der Waals surface area contributed by atoms with E-state index >= 15 is 0 Å². The number of carbonyl (C=O) groups excluding carboxylic acids is 1. The van der Waals surface area contributed by atoms with Gasteiger partial charge in [-0.3, -0.25) is 0 Å². The fraction of sp³-hybridized carbons (Fsp3) is 0.235. The lowest BCUT2D eigenvalue weighted by atomic mass is 10.1. The van der Waals surface area contributed by atoms with Gasteiger partial charge in [0.2, 0.25) is 0 Å². The van der Waals surface area contributed by atoms with Gasteiger partial charge >= 0.3 is 5.97 Å². The molecule has 2 aromatic rings. The van der Waals surface area contributed by atoms with Crippen molar-refractivity contribution in [3.63, 3.8) is 0 Å². The Labute approximate surface area is 124 Å². The number of carbonyl (C=O) groups is 1. The second-order valence-corrected chi connectivity index (χ2v) is 4.68. The Kier molecular flexibility index (Phi) is 5.35. The summed E-state index contributed by atoms with van der Waals surface area (Å²) in [7, 11) is 3.06. The molecule has 0 aliphatic heterocycles. The molecule has 0 unspecified atom stereocenters. The van der Waals surface area contributed by atoms with Crippen molar-refractivity contribution in [2.24, 2.45) is 0 Å². The second-order valence-electron chi connectivity index (χ2n) is 4.68. The molecule has 0 heterocycles. The molecular weight excluding hydrogens is 266 g/mol. The van der Waals surface area contributed by atoms with Crippen molar-refractivity contribution in [3.05, 3.63) is 65.2 Å². The number of hydrogen-bond acceptors (Lipinski definition) is 4. The number of esters is 1. The van der Waals surface area contributed by atoms with Gasteiger partial charge < -0.3 is 14.8 Å². The molecule has 0 amide bonds. The summed E-state index contributed by atoms with van der Waals surface area (Å²) in [6.07, 6.45) is 0. The fourth-order valence-corrected chi connectivity index (χ4v) is 2.02. The summed E-state index contributed by atoms with van der Waals surface area (Å²) in [6.45, 7) is 1.29. The highest BCUT2D eigenvalue weighted by molar-refractivity contribution is 5.89. The molecule has 0 bridgehead atoms. The van der Waals surface area contributed by atoms with Crippen molar-refractivity contribution >= 4 is 11.7 Å². The van der Waals surface area contributed by atoms with Crippen LogP contribution in [0.2, 0.25) is 0 Å². The SMILES string of the molecule is COCc1cccc(NCc2ccc(C(=O)OC)cc2)c1. The van der Waals surface area contributed by atoms with E-state index in [2.05, 4.69) is 16.1 Å². The second kappa shape index (κ2) is 7.45. The predicted octanol–water partition coefficient (Wildman–Crippen LogP) is 3.23. The zero-order chi connectivity index (χ0) is 15.1. The minimum Gasteiger partial charge on any atom is -0.465 e. The molecule has 0 saturated carbocycles. The number of ether oxygens (including phenoxy) is 2. The van der Waals surface area contributed by atoms with Gasteiger partial charge in [0.1, 0.15) is 0 Å². The van der Waals surface area contributed by atoms with Gasteiger partial charge in [0.25, 0.3) is 0 Å². The van der Waals surface area contributed by atoms with Crippen molar-refractivity contribution in [2.45, 2.75) is 13.2 Å². The maximum Gasteiger partial charge on any atom is 0.337 e. The number of rotatable bonds is 6. The molecule has 21 heavy (non-hydrogen) atoms. The van der Waals surface area contributed by atoms with E-state index in [0.29, 0.717) is 18.7 Å². The van der Waals surface area contributed by atoms with Crippen LogP contribution in [0.15, 0.2) is 48.5 Å². The van der Waals surface area contributed by atoms with Crippen LogP contribution in [-0.4, -0.2) is 20.2 Å². The number of hydrogen-bond donors (Lipinski definition) is 1. The number of benzene rings is 2. The van der Waals surface area contributed by atoms with Crippen LogP contribution >= 0.6 is 0 Å².